The number of halogens is 1. The van der Waals surface area contributed by atoms with Crippen LogP contribution in [0.2, 0.25) is 0 Å². The summed E-state index contributed by atoms with van der Waals surface area (Å²) in [5.74, 6) is 0.154. The summed E-state index contributed by atoms with van der Waals surface area (Å²) in [6, 6.07) is 13.2. The van der Waals surface area contributed by atoms with Gasteiger partial charge in [0.25, 0.3) is 5.56 Å². The molecule has 2 aromatic heterocycles. The maximum Gasteiger partial charge on any atom is 0.258 e. The molecule has 0 aliphatic carbocycles. The van der Waals surface area contributed by atoms with Crippen LogP contribution in [0.25, 0.3) is 21.7 Å². The van der Waals surface area contributed by atoms with Gasteiger partial charge in [0.2, 0.25) is 0 Å². The van der Waals surface area contributed by atoms with Gasteiger partial charge < -0.3 is 10.3 Å². The number of benzene rings is 2. The maximum absolute atomic E-state index is 13.8. The van der Waals surface area contributed by atoms with Crippen LogP contribution in [-0.2, 0) is 6.54 Å². The number of aldehydes is 1. The van der Waals surface area contributed by atoms with Crippen LogP contribution >= 0.6 is 0 Å². The quantitative estimate of drug-likeness (QED) is 0.437. The summed E-state index contributed by atoms with van der Waals surface area (Å²) in [6.07, 6.45) is 2.31. The average Bonchev–Trinajstić information content (AvgIpc) is 2.66. The first-order valence-electron chi connectivity index (χ1n) is 8.04. The second-order valence-corrected chi connectivity index (χ2v) is 5.93. The van der Waals surface area contributed by atoms with Crippen molar-refractivity contribution in [1.29, 1.82) is 0 Å². The topological polar surface area (TPSA) is 74.8 Å². The molecule has 0 fully saturated rings. The van der Waals surface area contributed by atoms with Crippen LogP contribution in [-0.4, -0.2) is 16.3 Å². The monoisotopic (exact) mass is 347 g/mol. The smallest absolute Gasteiger partial charge is 0.258 e. The molecule has 0 saturated heterocycles. The number of rotatable bonds is 4. The Morgan fingerprint density at radius 2 is 1.88 bits per heavy atom. The maximum atomic E-state index is 13.8. The van der Waals surface area contributed by atoms with Crippen LogP contribution in [0.1, 0.15) is 15.9 Å². The second-order valence-electron chi connectivity index (χ2n) is 5.93. The van der Waals surface area contributed by atoms with Gasteiger partial charge in [0, 0.05) is 29.1 Å². The number of nitrogens with one attached hydrogen (secondary N) is 2. The molecule has 2 aromatic carbocycles. The minimum absolute atomic E-state index is 0.304. The lowest BCUT2D eigenvalue weighted by molar-refractivity contribution is 0.112. The molecule has 2 N–H and O–H groups in total. The molecule has 128 valence electrons. The standard InChI is InChI=1S/C20H14FN3O2/c21-14-5-6-15-16(9-14)18-17(7-8-22-20(18)26)24-19(15)23-10-12-1-3-13(11-25)4-2-12/h1-9,11H,10H2,(H,22,26)(H,23,24). The number of aromatic amines is 1. The zero-order chi connectivity index (χ0) is 18.1. The Morgan fingerprint density at radius 3 is 2.65 bits per heavy atom. The molecule has 0 unspecified atom stereocenters. The van der Waals surface area contributed by atoms with Gasteiger partial charge in [-0.05, 0) is 29.8 Å². The lowest BCUT2D eigenvalue weighted by Gasteiger charge is -2.11. The molecule has 0 saturated carbocycles. The number of H-pyrrole nitrogens is 1. The lowest BCUT2D eigenvalue weighted by atomic mass is 10.1. The normalized spacial score (nSPS) is 11.0. The Kier molecular flexibility index (Phi) is 3.93. The number of nitrogens with zero attached hydrogens (tertiary/aromatic N) is 1. The van der Waals surface area contributed by atoms with Crippen molar-refractivity contribution in [3.05, 3.63) is 82.0 Å². The van der Waals surface area contributed by atoms with Gasteiger partial charge in [-0.2, -0.15) is 0 Å². The molecule has 0 aliphatic rings. The molecule has 26 heavy (non-hydrogen) atoms. The number of fused-ring (bicyclic) bond motifs is 3. The molecule has 6 heteroatoms. The third kappa shape index (κ3) is 2.82. The molecule has 0 spiro atoms. The van der Waals surface area contributed by atoms with Gasteiger partial charge in [0.15, 0.2) is 0 Å². The molecule has 0 amide bonds. The minimum atomic E-state index is -0.413. The van der Waals surface area contributed by atoms with Crippen LogP contribution in [0.3, 0.4) is 0 Å². The summed E-state index contributed by atoms with van der Waals surface area (Å²) in [7, 11) is 0. The van der Waals surface area contributed by atoms with Crippen molar-refractivity contribution < 1.29 is 9.18 Å². The molecule has 0 atom stereocenters. The summed E-state index contributed by atoms with van der Waals surface area (Å²) in [4.78, 5) is 30.1. The van der Waals surface area contributed by atoms with E-state index >= 15 is 0 Å². The Labute approximate surface area is 147 Å². The molecular weight excluding hydrogens is 333 g/mol. The zero-order valence-corrected chi connectivity index (χ0v) is 13.6. The fraction of sp³-hybridized carbons (Fsp3) is 0.0500. The number of pyridine rings is 2. The minimum Gasteiger partial charge on any atom is -0.365 e. The highest BCUT2D eigenvalue weighted by Crippen LogP contribution is 2.28. The van der Waals surface area contributed by atoms with Crippen LogP contribution in [0, 0.1) is 5.82 Å². The second kappa shape index (κ2) is 6.40. The van der Waals surface area contributed by atoms with Gasteiger partial charge in [0.05, 0.1) is 10.9 Å². The first kappa shape index (κ1) is 16.0. The van der Waals surface area contributed by atoms with Crippen molar-refractivity contribution in [2.45, 2.75) is 6.54 Å². The fourth-order valence-corrected chi connectivity index (χ4v) is 2.97. The van der Waals surface area contributed by atoms with Crippen molar-refractivity contribution in [3.8, 4) is 0 Å². The van der Waals surface area contributed by atoms with Gasteiger partial charge >= 0.3 is 0 Å². The van der Waals surface area contributed by atoms with E-state index in [0.29, 0.717) is 39.6 Å². The molecule has 2 heterocycles. The Bertz CT molecular complexity index is 1180. The fourth-order valence-electron chi connectivity index (χ4n) is 2.97. The molecular formula is C20H14FN3O2. The van der Waals surface area contributed by atoms with Crippen LogP contribution < -0.4 is 10.9 Å². The van der Waals surface area contributed by atoms with Gasteiger partial charge in [-0.1, -0.05) is 24.3 Å². The molecule has 4 aromatic rings. The van der Waals surface area contributed by atoms with Crippen molar-refractivity contribution in [3.63, 3.8) is 0 Å². The first-order valence-corrected chi connectivity index (χ1v) is 8.04. The number of aromatic nitrogens is 2. The Hall–Kier alpha value is -3.54. The SMILES string of the molecule is O=Cc1ccc(CNc2nc3cc[nH]c(=O)c3c3cc(F)ccc23)cc1. The third-order valence-electron chi connectivity index (χ3n) is 4.25. The molecule has 0 radical (unpaired) electrons. The van der Waals surface area contributed by atoms with Crippen LogP contribution in [0.5, 0.6) is 0 Å². The van der Waals surface area contributed by atoms with E-state index < -0.39 is 5.82 Å². The molecule has 5 nitrogen and oxygen atoms in total. The van der Waals surface area contributed by atoms with Gasteiger partial charge in [0.1, 0.15) is 17.9 Å². The van der Waals surface area contributed by atoms with Crippen molar-refractivity contribution in [2.24, 2.45) is 0 Å². The van der Waals surface area contributed by atoms with Crippen molar-refractivity contribution >= 4 is 33.8 Å². The average molecular weight is 347 g/mol. The summed E-state index contributed by atoms with van der Waals surface area (Å²) >= 11 is 0. The molecule has 0 aliphatic heterocycles. The largest absolute Gasteiger partial charge is 0.365 e. The summed E-state index contributed by atoms with van der Waals surface area (Å²) in [6.45, 7) is 0.479. The third-order valence-corrected chi connectivity index (χ3v) is 4.25. The van der Waals surface area contributed by atoms with Crippen LogP contribution in [0.15, 0.2) is 59.5 Å². The van der Waals surface area contributed by atoms with E-state index in [9.17, 15) is 14.0 Å². The lowest BCUT2D eigenvalue weighted by Crippen LogP contribution is -2.08. The van der Waals surface area contributed by atoms with Crippen molar-refractivity contribution in [2.75, 3.05) is 5.32 Å². The first-order chi connectivity index (χ1) is 12.7. The number of hydrogen-bond donors (Lipinski definition) is 2. The van der Waals surface area contributed by atoms with Crippen LogP contribution in [0.4, 0.5) is 10.2 Å². The number of carbonyl (C=O) groups is 1. The predicted octanol–water partition coefficient (Wildman–Crippen LogP) is 3.64. The summed E-state index contributed by atoms with van der Waals surface area (Å²) < 4.78 is 13.8. The van der Waals surface area contributed by atoms with Gasteiger partial charge in [-0.3, -0.25) is 9.59 Å². The van der Waals surface area contributed by atoms with E-state index in [2.05, 4.69) is 15.3 Å². The van der Waals surface area contributed by atoms with E-state index in [1.54, 1.807) is 24.3 Å². The van der Waals surface area contributed by atoms with Crippen molar-refractivity contribution in [1.82, 2.24) is 9.97 Å². The Balaban J connectivity index is 1.80. The number of carbonyl (C=O) groups excluding carboxylic acids is 1. The van der Waals surface area contributed by atoms with E-state index in [1.807, 2.05) is 12.1 Å². The van der Waals surface area contributed by atoms with E-state index in [1.165, 1.54) is 18.3 Å². The number of anilines is 1. The van der Waals surface area contributed by atoms with Gasteiger partial charge in [-0.25, -0.2) is 9.37 Å². The highest BCUT2D eigenvalue weighted by molar-refractivity contribution is 6.09. The summed E-state index contributed by atoms with van der Waals surface area (Å²) in [5, 5.41) is 4.78. The van der Waals surface area contributed by atoms with Gasteiger partial charge in [-0.15, -0.1) is 0 Å². The summed E-state index contributed by atoms with van der Waals surface area (Å²) in [5.41, 5.74) is 1.77. The molecule has 0 bridgehead atoms. The van der Waals surface area contributed by atoms with E-state index in [4.69, 9.17) is 0 Å². The van der Waals surface area contributed by atoms with E-state index in [-0.39, 0.29) is 5.56 Å². The number of hydrogen-bond acceptors (Lipinski definition) is 4. The Morgan fingerprint density at radius 1 is 1.08 bits per heavy atom. The predicted molar refractivity (Wildman–Crippen MR) is 99.0 cm³/mol. The highest BCUT2D eigenvalue weighted by Gasteiger charge is 2.11. The zero-order valence-electron chi connectivity index (χ0n) is 13.6. The molecule has 4 rings (SSSR count). The van der Waals surface area contributed by atoms with E-state index in [0.717, 1.165) is 11.8 Å². The highest BCUT2D eigenvalue weighted by atomic mass is 19.1.